The van der Waals surface area contributed by atoms with Crippen LogP contribution in [0, 0.1) is 11.8 Å². The Balaban J connectivity index is 1.28. The van der Waals surface area contributed by atoms with E-state index < -0.39 is 23.6 Å². The Kier molecular flexibility index (Phi) is 10.5. The highest BCUT2D eigenvalue weighted by atomic mass is 19.4. The molecule has 4 aliphatic heterocycles. The summed E-state index contributed by atoms with van der Waals surface area (Å²) < 4.78 is 58.4. The quantitative estimate of drug-likeness (QED) is 0.387. The van der Waals surface area contributed by atoms with Gasteiger partial charge in [0.05, 0.1) is 37.2 Å². The molecule has 48 heavy (non-hydrogen) atoms. The van der Waals surface area contributed by atoms with Crippen LogP contribution >= 0.6 is 0 Å². The Labute approximate surface area is 279 Å². The highest BCUT2D eigenvalue weighted by molar-refractivity contribution is 5.82. The molecule has 262 valence electrons. The molecule has 0 aliphatic carbocycles. The van der Waals surface area contributed by atoms with Crippen molar-refractivity contribution in [3.8, 4) is 5.75 Å². The highest BCUT2D eigenvalue weighted by Gasteiger charge is 2.47. The number of likely N-dealkylation sites (tertiary alicyclic amines) is 2. The molecule has 4 heterocycles. The summed E-state index contributed by atoms with van der Waals surface area (Å²) in [5, 5.41) is 9.50. The lowest BCUT2D eigenvalue weighted by Gasteiger charge is -2.34. The summed E-state index contributed by atoms with van der Waals surface area (Å²) in [6.07, 6.45) is -1.37. The summed E-state index contributed by atoms with van der Waals surface area (Å²) in [5.41, 5.74) is 1.59. The number of carbonyl (C=O) groups excluding carboxylic acids is 1. The second-order valence-corrected chi connectivity index (χ2v) is 13.7. The molecule has 0 spiro atoms. The molecule has 4 saturated heterocycles. The predicted molar refractivity (Wildman–Crippen MR) is 173 cm³/mol. The number of halogens is 3. The summed E-state index contributed by atoms with van der Waals surface area (Å²) in [6.45, 7) is 4.22. The lowest BCUT2D eigenvalue weighted by Crippen LogP contribution is -2.44. The van der Waals surface area contributed by atoms with E-state index in [9.17, 15) is 27.9 Å². The van der Waals surface area contributed by atoms with Gasteiger partial charge in [-0.25, -0.2) is 0 Å². The van der Waals surface area contributed by atoms with Crippen molar-refractivity contribution in [2.45, 2.75) is 62.2 Å². The average molecular weight is 674 g/mol. The van der Waals surface area contributed by atoms with E-state index in [0.29, 0.717) is 77.0 Å². The number of carboxylic acids is 1. The molecule has 12 heteroatoms. The molecule has 4 aliphatic rings. The van der Waals surface area contributed by atoms with Gasteiger partial charge in [0.1, 0.15) is 5.75 Å². The van der Waals surface area contributed by atoms with Crippen molar-refractivity contribution in [3.63, 3.8) is 0 Å². The second-order valence-electron chi connectivity index (χ2n) is 13.7. The topological polar surface area (TPSA) is 91.8 Å². The number of hydrogen-bond donors (Lipinski definition) is 1. The lowest BCUT2D eigenvalue weighted by molar-refractivity contribution is -0.142. The molecule has 2 aromatic rings. The molecule has 9 nitrogen and oxygen atoms in total. The molecule has 0 bridgehead atoms. The van der Waals surface area contributed by atoms with Gasteiger partial charge >= 0.3 is 12.1 Å². The van der Waals surface area contributed by atoms with Gasteiger partial charge in [0.15, 0.2) is 0 Å². The lowest BCUT2D eigenvalue weighted by atomic mass is 9.87. The first kappa shape index (κ1) is 34.5. The van der Waals surface area contributed by atoms with Gasteiger partial charge in [-0.2, -0.15) is 13.2 Å². The number of rotatable bonds is 9. The summed E-state index contributed by atoms with van der Waals surface area (Å²) in [6, 6.07) is 11.9. The van der Waals surface area contributed by atoms with Gasteiger partial charge in [-0.3, -0.25) is 14.5 Å². The van der Waals surface area contributed by atoms with Crippen LogP contribution in [0.5, 0.6) is 5.75 Å². The van der Waals surface area contributed by atoms with Crippen molar-refractivity contribution >= 4 is 17.6 Å². The first-order valence-electron chi connectivity index (χ1n) is 17.0. The van der Waals surface area contributed by atoms with Crippen LogP contribution in [0.3, 0.4) is 0 Å². The van der Waals surface area contributed by atoms with E-state index in [1.165, 1.54) is 6.07 Å². The maximum Gasteiger partial charge on any atom is 0.416 e. The molecule has 1 amide bonds. The van der Waals surface area contributed by atoms with Crippen molar-refractivity contribution in [1.29, 1.82) is 0 Å². The Morgan fingerprint density at radius 2 is 1.67 bits per heavy atom. The third-order valence-electron chi connectivity index (χ3n) is 11.0. The maximum atomic E-state index is 14.7. The van der Waals surface area contributed by atoms with Crippen LogP contribution < -0.4 is 9.64 Å². The smallest absolute Gasteiger partial charge is 0.416 e. The highest BCUT2D eigenvalue weighted by Crippen LogP contribution is 2.44. The Hall–Kier alpha value is -3.35. The van der Waals surface area contributed by atoms with E-state index in [-0.39, 0.29) is 29.7 Å². The SMILES string of the molecule is COC[C@@H]1C[C@@H](c2ccc(C(F)(F)F)cc2N2CCC(C(=O)O)CC2)CN1C(=O)[C@@H]1CN(C2CCOCC2)C[C@H]1c1ccc(OC)cc1. The van der Waals surface area contributed by atoms with Gasteiger partial charge in [-0.1, -0.05) is 18.2 Å². The minimum Gasteiger partial charge on any atom is -0.497 e. The number of carboxylic acid groups (broad SMARTS) is 1. The average Bonchev–Trinajstić information content (AvgIpc) is 3.73. The van der Waals surface area contributed by atoms with E-state index in [2.05, 4.69) is 4.90 Å². The Bertz CT molecular complexity index is 1430. The number of amides is 1. The number of benzene rings is 2. The van der Waals surface area contributed by atoms with Gasteiger partial charge in [0.25, 0.3) is 0 Å². The van der Waals surface area contributed by atoms with Crippen molar-refractivity contribution < 1.29 is 42.1 Å². The number of ether oxygens (including phenoxy) is 3. The van der Waals surface area contributed by atoms with Crippen molar-refractivity contribution in [3.05, 3.63) is 59.2 Å². The van der Waals surface area contributed by atoms with Crippen LogP contribution in [-0.4, -0.2) is 106 Å². The molecule has 2 aromatic carbocycles. The predicted octanol–water partition coefficient (Wildman–Crippen LogP) is 5.24. The van der Waals surface area contributed by atoms with E-state index in [1.54, 1.807) is 20.3 Å². The van der Waals surface area contributed by atoms with E-state index in [0.717, 1.165) is 42.3 Å². The van der Waals surface area contributed by atoms with E-state index in [4.69, 9.17) is 14.2 Å². The molecule has 1 N–H and O–H groups in total. The zero-order valence-corrected chi connectivity index (χ0v) is 27.7. The summed E-state index contributed by atoms with van der Waals surface area (Å²) in [4.78, 5) is 32.5. The van der Waals surface area contributed by atoms with Crippen LogP contribution in [0.25, 0.3) is 0 Å². The normalized spacial score (nSPS) is 26.3. The zero-order chi connectivity index (χ0) is 34.0. The summed E-state index contributed by atoms with van der Waals surface area (Å²) >= 11 is 0. The fourth-order valence-corrected chi connectivity index (χ4v) is 8.30. The standard InChI is InChI=1S/C36H46F3N3O6/c1-46-22-28-17-25(30-8-5-26(36(37,38)39)18-33(30)40-13-9-24(10-14-40)35(44)45)19-42(28)34(43)32-21-41(27-11-15-48-16-12-27)20-31(32)23-3-6-29(47-2)7-4-23/h3-8,18,24-25,27-28,31-32H,9-17,19-22H2,1-2H3,(H,44,45)/t25-,28+,31+,32-/m1/s1. The molecule has 0 aromatic heterocycles. The van der Waals surface area contributed by atoms with Gasteiger partial charge < -0.3 is 29.1 Å². The van der Waals surface area contributed by atoms with Crippen molar-refractivity contribution in [2.24, 2.45) is 11.8 Å². The monoisotopic (exact) mass is 673 g/mol. The van der Waals surface area contributed by atoms with Crippen LogP contribution in [0.1, 0.15) is 60.6 Å². The second kappa shape index (κ2) is 14.6. The molecule has 4 atom stereocenters. The molecule has 0 unspecified atom stereocenters. The first-order valence-corrected chi connectivity index (χ1v) is 17.0. The minimum atomic E-state index is -4.52. The Morgan fingerprint density at radius 3 is 2.29 bits per heavy atom. The fourth-order valence-electron chi connectivity index (χ4n) is 8.30. The molecule has 0 saturated carbocycles. The number of alkyl halides is 3. The number of piperidine rings is 1. The Morgan fingerprint density at radius 1 is 0.958 bits per heavy atom. The number of anilines is 1. The number of nitrogens with zero attached hydrogens (tertiary/aromatic N) is 3. The van der Waals surface area contributed by atoms with E-state index >= 15 is 0 Å². The number of hydrogen-bond acceptors (Lipinski definition) is 7. The third-order valence-corrected chi connectivity index (χ3v) is 11.0. The van der Waals surface area contributed by atoms with Gasteiger partial charge in [-0.15, -0.1) is 0 Å². The van der Waals surface area contributed by atoms with E-state index in [1.807, 2.05) is 34.1 Å². The molecule has 4 fully saturated rings. The third kappa shape index (κ3) is 7.30. The summed E-state index contributed by atoms with van der Waals surface area (Å²) in [5.74, 6) is -1.09. The van der Waals surface area contributed by atoms with Crippen LogP contribution in [0.2, 0.25) is 0 Å². The van der Waals surface area contributed by atoms with Crippen LogP contribution in [0.4, 0.5) is 18.9 Å². The molecular weight excluding hydrogens is 627 g/mol. The zero-order valence-electron chi connectivity index (χ0n) is 27.7. The van der Waals surface area contributed by atoms with Crippen molar-refractivity contribution in [2.75, 3.05) is 71.7 Å². The molecular formula is C36H46F3N3O6. The number of methoxy groups -OCH3 is 2. The summed E-state index contributed by atoms with van der Waals surface area (Å²) in [7, 11) is 3.23. The number of carbonyl (C=O) groups is 2. The number of aliphatic carboxylic acids is 1. The van der Waals surface area contributed by atoms with Crippen LogP contribution in [0.15, 0.2) is 42.5 Å². The fraction of sp³-hybridized carbons (Fsp3) is 0.611. The van der Waals surface area contributed by atoms with Gasteiger partial charge in [-0.05, 0) is 67.5 Å². The minimum absolute atomic E-state index is 0.0225. The van der Waals surface area contributed by atoms with Crippen LogP contribution in [-0.2, 0) is 25.2 Å². The maximum absolute atomic E-state index is 14.7. The first-order chi connectivity index (χ1) is 23.1. The molecule has 6 rings (SSSR count). The van der Waals surface area contributed by atoms with Crippen molar-refractivity contribution in [1.82, 2.24) is 9.80 Å². The molecule has 0 radical (unpaired) electrons. The largest absolute Gasteiger partial charge is 0.497 e. The van der Waals surface area contributed by atoms with Gasteiger partial charge in [0.2, 0.25) is 5.91 Å². The van der Waals surface area contributed by atoms with Gasteiger partial charge in [0, 0.05) is 76.6 Å².